The third kappa shape index (κ3) is 5.20. The molecule has 0 spiro atoms. The molecule has 0 radical (unpaired) electrons. The summed E-state index contributed by atoms with van der Waals surface area (Å²) in [5.74, 6) is 1.21. The maximum atomic E-state index is 12.8. The Labute approximate surface area is 174 Å². The van der Waals surface area contributed by atoms with Gasteiger partial charge < -0.3 is 10.1 Å². The fourth-order valence-electron chi connectivity index (χ4n) is 3.17. The van der Waals surface area contributed by atoms with Gasteiger partial charge in [0.15, 0.2) is 0 Å². The van der Waals surface area contributed by atoms with Gasteiger partial charge in [-0.05, 0) is 43.5 Å². The highest BCUT2D eigenvalue weighted by molar-refractivity contribution is 7.17. The lowest BCUT2D eigenvalue weighted by Crippen LogP contribution is -2.33. The molecule has 3 aromatic rings. The summed E-state index contributed by atoms with van der Waals surface area (Å²) in [6.07, 6.45) is 0.597. The van der Waals surface area contributed by atoms with E-state index in [1.807, 2.05) is 29.6 Å². The minimum atomic E-state index is -0.430. The molecule has 0 amide bonds. The molecule has 0 aliphatic heterocycles. The van der Waals surface area contributed by atoms with Crippen molar-refractivity contribution in [2.24, 2.45) is 5.92 Å². The SMILES string of the molecule is CC(C)CCN(Cc1nc2scc(-c3ccc(Cl)cc3)c2c(=O)[nH]1)C[C@H](C)O. The molecular weight excluding hydrogens is 394 g/mol. The zero-order valence-electron chi connectivity index (χ0n) is 16.4. The van der Waals surface area contributed by atoms with Crippen LogP contribution in [0.5, 0.6) is 0 Å². The molecule has 28 heavy (non-hydrogen) atoms. The number of benzene rings is 1. The Morgan fingerprint density at radius 3 is 2.61 bits per heavy atom. The van der Waals surface area contributed by atoms with Crippen LogP contribution >= 0.6 is 22.9 Å². The standard InChI is InChI=1S/C21H26ClN3O2S/c1-13(2)8-9-25(10-14(3)26)11-18-23-20(27)19-17(12-28-21(19)24-18)15-4-6-16(22)7-5-15/h4-7,12-14,26H,8-11H2,1-3H3,(H,23,24,27)/t14-/m0/s1. The predicted molar refractivity (Wildman–Crippen MR) is 117 cm³/mol. The molecule has 2 aromatic heterocycles. The Morgan fingerprint density at radius 2 is 1.96 bits per heavy atom. The maximum Gasteiger partial charge on any atom is 0.260 e. The monoisotopic (exact) mass is 419 g/mol. The molecule has 0 aliphatic carbocycles. The summed E-state index contributed by atoms with van der Waals surface area (Å²) < 4.78 is 0. The Kier molecular flexibility index (Phi) is 6.88. The van der Waals surface area contributed by atoms with Crippen LogP contribution < -0.4 is 5.56 Å². The topological polar surface area (TPSA) is 69.2 Å². The first-order chi connectivity index (χ1) is 13.3. The van der Waals surface area contributed by atoms with Gasteiger partial charge in [0.1, 0.15) is 10.7 Å². The number of fused-ring (bicyclic) bond motifs is 1. The number of aromatic amines is 1. The van der Waals surface area contributed by atoms with Gasteiger partial charge in [0, 0.05) is 22.5 Å². The van der Waals surface area contributed by atoms with E-state index in [1.54, 1.807) is 6.92 Å². The first-order valence-corrected chi connectivity index (χ1v) is 10.8. The van der Waals surface area contributed by atoms with Crippen molar-refractivity contribution in [2.45, 2.75) is 39.8 Å². The molecule has 150 valence electrons. The fourth-order valence-corrected chi connectivity index (χ4v) is 4.26. The van der Waals surface area contributed by atoms with Gasteiger partial charge in [-0.15, -0.1) is 11.3 Å². The second kappa shape index (κ2) is 9.18. The smallest absolute Gasteiger partial charge is 0.260 e. The summed E-state index contributed by atoms with van der Waals surface area (Å²) in [6.45, 7) is 8.05. The Bertz CT molecular complexity index is 979. The van der Waals surface area contributed by atoms with Gasteiger partial charge in [-0.25, -0.2) is 4.98 Å². The van der Waals surface area contributed by atoms with Crippen LogP contribution in [0.15, 0.2) is 34.4 Å². The Balaban J connectivity index is 1.89. The van der Waals surface area contributed by atoms with Crippen molar-refractivity contribution >= 4 is 33.2 Å². The third-order valence-electron chi connectivity index (χ3n) is 4.57. The minimum Gasteiger partial charge on any atom is -0.392 e. The molecule has 1 atom stereocenters. The van der Waals surface area contributed by atoms with E-state index in [1.165, 1.54) is 11.3 Å². The first kappa shape index (κ1) is 21.0. The molecule has 7 heteroatoms. The number of aliphatic hydroxyl groups excluding tert-OH is 1. The van der Waals surface area contributed by atoms with Crippen LogP contribution in [-0.2, 0) is 6.54 Å². The highest BCUT2D eigenvalue weighted by Gasteiger charge is 2.16. The van der Waals surface area contributed by atoms with Crippen molar-refractivity contribution in [3.63, 3.8) is 0 Å². The minimum absolute atomic E-state index is 0.132. The molecule has 3 rings (SSSR count). The average Bonchev–Trinajstić information content (AvgIpc) is 3.04. The lowest BCUT2D eigenvalue weighted by molar-refractivity contribution is 0.117. The van der Waals surface area contributed by atoms with Crippen molar-refractivity contribution in [3.8, 4) is 11.1 Å². The van der Waals surface area contributed by atoms with Crippen molar-refractivity contribution in [2.75, 3.05) is 13.1 Å². The predicted octanol–water partition coefficient (Wildman–Crippen LogP) is 4.53. The van der Waals surface area contributed by atoms with Crippen molar-refractivity contribution in [3.05, 3.63) is 50.8 Å². The molecule has 1 aromatic carbocycles. The molecule has 0 unspecified atom stereocenters. The second-order valence-corrected chi connectivity index (χ2v) is 8.91. The summed E-state index contributed by atoms with van der Waals surface area (Å²) >= 11 is 7.44. The van der Waals surface area contributed by atoms with E-state index in [-0.39, 0.29) is 5.56 Å². The summed E-state index contributed by atoms with van der Waals surface area (Å²) in [5.41, 5.74) is 1.69. The lowest BCUT2D eigenvalue weighted by Gasteiger charge is -2.24. The van der Waals surface area contributed by atoms with Crippen LogP contribution in [0.4, 0.5) is 0 Å². The van der Waals surface area contributed by atoms with Crippen LogP contribution in [0.3, 0.4) is 0 Å². The summed E-state index contributed by atoms with van der Waals surface area (Å²) in [7, 11) is 0. The molecule has 0 fully saturated rings. The second-order valence-electron chi connectivity index (χ2n) is 7.62. The van der Waals surface area contributed by atoms with Gasteiger partial charge in [-0.1, -0.05) is 37.6 Å². The summed E-state index contributed by atoms with van der Waals surface area (Å²) in [4.78, 5) is 23.3. The van der Waals surface area contributed by atoms with Crippen LogP contribution in [0.25, 0.3) is 21.3 Å². The molecule has 0 saturated heterocycles. The van der Waals surface area contributed by atoms with Gasteiger partial charge in [0.2, 0.25) is 0 Å². The number of nitrogens with zero attached hydrogens (tertiary/aromatic N) is 2. The molecule has 2 N–H and O–H groups in total. The van der Waals surface area contributed by atoms with Crippen molar-refractivity contribution in [1.82, 2.24) is 14.9 Å². The summed E-state index contributed by atoms with van der Waals surface area (Å²) in [5, 5.41) is 13.0. The number of nitrogens with one attached hydrogen (secondary N) is 1. The Morgan fingerprint density at radius 1 is 1.25 bits per heavy atom. The van der Waals surface area contributed by atoms with Crippen molar-refractivity contribution in [1.29, 1.82) is 0 Å². The van der Waals surface area contributed by atoms with Crippen LogP contribution in [-0.4, -0.2) is 39.2 Å². The number of hydrogen-bond donors (Lipinski definition) is 2. The highest BCUT2D eigenvalue weighted by atomic mass is 35.5. The van der Waals surface area contributed by atoms with Gasteiger partial charge >= 0.3 is 0 Å². The molecule has 5 nitrogen and oxygen atoms in total. The van der Waals surface area contributed by atoms with Crippen molar-refractivity contribution < 1.29 is 5.11 Å². The normalized spacial score (nSPS) is 13.0. The zero-order chi connectivity index (χ0) is 20.3. The van der Waals surface area contributed by atoms with Crippen LogP contribution in [0, 0.1) is 5.92 Å². The molecule has 0 bridgehead atoms. The zero-order valence-corrected chi connectivity index (χ0v) is 18.0. The first-order valence-electron chi connectivity index (χ1n) is 9.50. The molecule has 2 heterocycles. The Hall–Kier alpha value is -1.73. The largest absolute Gasteiger partial charge is 0.392 e. The number of thiophene rings is 1. The van der Waals surface area contributed by atoms with E-state index in [9.17, 15) is 9.90 Å². The van der Waals surface area contributed by atoms with Crippen LogP contribution in [0.1, 0.15) is 33.0 Å². The van der Waals surface area contributed by atoms with E-state index in [2.05, 4.69) is 28.7 Å². The number of aromatic nitrogens is 2. The van der Waals surface area contributed by atoms with Crippen LogP contribution in [0.2, 0.25) is 5.02 Å². The molecule has 0 aliphatic rings. The van der Waals surface area contributed by atoms with Gasteiger partial charge in [-0.3, -0.25) is 9.69 Å². The number of H-pyrrole nitrogens is 1. The number of hydrogen-bond acceptors (Lipinski definition) is 5. The van der Waals surface area contributed by atoms with Gasteiger partial charge in [0.05, 0.1) is 18.0 Å². The highest BCUT2D eigenvalue weighted by Crippen LogP contribution is 2.31. The van der Waals surface area contributed by atoms with E-state index < -0.39 is 6.10 Å². The average molecular weight is 420 g/mol. The lowest BCUT2D eigenvalue weighted by atomic mass is 10.1. The van der Waals surface area contributed by atoms with Gasteiger partial charge in [-0.2, -0.15) is 0 Å². The van der Waals surface area contributed by atoms with E-state index >= 15 is 0 Å². The quantitative estimate of drug-likeness (QED) is 0.562. The maximum absolute atomic E-state index is 12.8. The fraction of sp³-hybridized carbons (Fsp3) is 0.429. The van der Waals surface area contributed by atoms with E-state index in [0.29, 0.717) is 35.2 Å². The van der Waals surface area contributed by atoms with E-state index in [0.717, 1.165) is 28.9 Å². The number of aliphatic hydroxyl groups is 1. The summed E-state index contributed by atoms with van der Waals surface area (Å²) in [6, 6.07) is 7.46. The molecular formula is C21H26ClN3O2S. The number of rotatable bonds is 8. The third-order valence-corrected chi connectivity index (χ3v) is 5.69. The number of halogens is 1. The molecule has 0 saturated carbocycles. The van der Waals surface area contributed by atoms with Gasteiger partial charge in [0.25, 0.3) is 5.56 Å². The van der Waals surface area contributed by atoms with E-state index in [4.69, 9.17) is 11.6 Å².